The Kier molecular flexibility index (Phi) is 9.87. The van der Waals surface area contributed by atoms with Crippen LogP contribution in [0, 0.1) is 0 Å². The van der Waals surface area contributed by atoms with Crippen molar-refractivity contribution in [3.05, 3.63) is 58.7 Å². The second-order valence-corrected chi connectivity index (χ2v) is 8.66. The zero-order valence-corrected chi connectivity index (χ0v) is 21.7. The van der Waals surface area contributed by atoms with Gasteiger partial charge in [-0.2, -0.15) is 0 Å². The average Bonchev–Trinajstić information content (AvgIpc) is 3.12. The highest BCUT2D eigenvalue weighted by molar-refractivity contribution is 6.22. The molecule has 8 heteroatoms. The Morgan fingerprint density at radius 2 is 1.67 bits per heavy atom. The summed E-state index contributed by atoms with van der Waals surface area (Å²) in [5, 5.41) is 0. The van der Waals surface area contributed by atoms with Gasteiger partial charge in [0.1, 0.15) is 0 Å². The maximum absolute atomic E-state index is 13.5. The average molecular weight is 497 g/mol. The van der Waals surface area contributed by atoms with Crippen molar-refractivity contribution in [1.29, 1.82) is 0 Å². The van der Waals surface area contributed by atoms with Crippen LogP contribution < -0.4 is 9.47 Å². The van der Waals surface area contributed by atoms with E-state index in [1.807, 2.05) is 39.0 Å². The summed E-state index contributed by atoms with van der Waals surface area (Å²) < 4.78 is 16.6. The molecule has 1 aliphatic heterocycles. The van der Waals surface area contributed by atoms with Gasteiger partial charge in [-0.15, -0.1) is 0 Å². The lowest BCUT2D eigenvalue weighted by atomic mass is 10.0. The standard InChI is InChI=1S/C28H36N2O6/c1-5-13-29(19-20-9-12-24(36-15-6-2)25(17-20)35-7-3)26(31)21-10-11-22-23(18-21)28(33)30(27(22)32)14-8-16-34-4/h9-12,17-18H,5-8,13-16,19H2,1-4H3. The first kappa shape index (κ1) is 27.2. The Bertz CT molecular complexity index is 1080. The van der Waals surface area contributed by atoms with Gasteiger partial charge in [0.2, 0.25) is 0 Å². The minimum atomic E-state index is -0.369. The Morgan fingerprint density at radius 3 is 2.36 bits per heavy atom. The Labute approximate surface area is 213 Å². The van der Waals surface area contributed by atoms with Gasteiger partial charge >= 0.3 is 0 Å². The number of methoxy groups -OCH3 is 1. The van der Waals surface area contributed by atoms with Crippen LogP contribution in [0.25, 0.3) is 0 Å². The fraction of sp³-hybridized carbons (Fsp3) is 0.464. The normalized spacial score (nSPS) is 12.6. The molecule has 2 aromatic carbocycles. The molecule has 0 saturated heterocycles. The Balaban J connectivity index is 1.80. The third kappa shape index (κ3) is 6.23. The summed E-state index contributed by atoms with van der Waals surface area (Å²) in [5.41, 5.74) is 1.91. The van der Waals surface area contributed by atoms with Crippen LogP contribution in [0.15, 0.2) is 36.4 Å². The lowest BCUT2D eigenvalue weighted by molar-refractivity contribution is 0.0638. The molecule has 0 unspecified atom stereocenters. The largest absolute Gasteiger partial charge is 0.490 e. The Hall–Kier alpha value is -3.39. The van der Waals surface area contributed by atoms with E-state index in [4.69, 9.17) is 14.2 Å². The second kappa shape index (κ2) is 13.1. The summed E-state index contributed by atoms with van der Waals surface area (Å²) in [7, 11) is 1.58. The van der Waals surface area contributed by atoms with E-state index in [0.717, 1.165) is 18.4 Å². The van der Waals surface area contributed by atoms with Crippen LogP contribution in [0.5, 0.6) is 11.5 Å². The molecule has 0 N–H and O–H groups in total. The van der Waals surface area contributed by atoms with Crippen LogP contribution in [0.1, 0.15) is 76.7 Å². The van der Waals surface area contributed by atoms with Crippen LogP contribution in [0.3, 0.4) is 0 Å². The van der Waals surface area contributed by atoms with E-state index >= 15 is 0 Å². The van der Waals surface area contributed by atoms with Crippen molar-refractivity contribution in [3.63, 3.8) is 0 Å². The number of fused-ring (bicyclic) bond motifs is 1. The van der Waals surface area contributed by atoms with E-state index in [1.54, 1.807) is 30.2 Å². The molecule has 0 aliphatic carbocycles. The molecule has 0 fully saturated rings. The minimum absolute atomic E-state index is 0.193. The summed E-state index contributed by atoms with van der Waals surface area (Å²) in [6.45, 7) is 8.75. The molecule has 0 aromatic heterocycles. The van der Waals surface area contributed by atoms with Crippen LogP contribution in [0.4, 0.5) is 0 Å². The number of rotatable bonds is 14. The van der Waals surface area contributed by atoms with Crippen molar-refractivity contribution in [2.45, 2.75) is 46.6 Å². The Morgan fingerprint density at radius 1 is 0.889 bits per heavy atom. The lowest BCUT2D eigenvalue weighted by Crippen LogP contribution is -2.31. The number of carbonyl (C=O) groups is 3. The quantitative estimate of drug-likeness (QED) is 0.282. The first-order chi connectivity index (χ1) is 17.4. The van der Waals surface area contributed by atoms with Gasteiger partial charge in [0.25, 0.3) is 17.7 Å². The predicted octanol–water partition coefficient (Wildman–Crippen LogP) is 4.56. The van der Waals surface area contributed by atoms with E-state index in [1.165, 1.54) is 4.90 Å². The number of nitrogens with zero attached hydrogens (tertiary/aromatic N) is 2. The zero-order chi connectivity index (χ0) is 26.1. The number of ether oxygens (including phenoxy) is 3. The topological polar surface area (TPSA) is 85.4 Å². The number of hydrogen-bond acceptors (Lipinski definition) is 6. The third-order valence-corrected chi connectivity index (χ3v) is 5.87. The molecule has 3 rings (SSSR count). The molecular formula is C28H36N2O6. The van der Waals surface area contributed by atoms with Crippen molar-refractivity contribution in [2.24, 2.45) is 0 Å². The number of amides is 3. The molecule has 0 bridgehead atoms. The molecule has 1 heterocycles. The lowest BCUT2D eigenvalue weighted by Gasteiger charge is -2.23. The highest BCUT2D eigenvalue weighted by Crippen LogP contribution is 2.30. The maximum Gasteiger partial charge on any atom is 0.261 e. The maximum atomic E-state index is 13.5. The molecule has 0 saturated carbocycles. The number of hydrogen-bond donors (Lipinski definition) is 0. The molecule has 8 nitrogen and oxygen atoms in total. The fourth-order valence-corrected chi connectivity index (χ4v) is 4.17. The molecule has 36 heavy (non-hydrogen) atoms. The van der Waals surface area contributed by atoms with Crippen molar-refractivity contribution in [2.75, 3.05) is 40.0 Å². The molecule has 0 atom stereocenters. The van der Waals surface area contributed by atoms with E-state index in [-0.39, 0.29) is 29.8 Å². The van der Waals surface area contributed by atoms with Gasteiger partial charge in [0.05, 0.1) is 24.3 Å². The van der Waals surface area contributed by atoms with Crippen molar-refractivity contribution in [1.82, 2.24) is 9.80 Å². The smallest absolute Gasteiger partial charge is 0.261 e. The van der Waals surface area contributed by atoms with E-state index in [9.17, 15) is 14.4 Å². The highest BCUT2D eigenvalue weighted by Gasteiger charge is 2.35. The minimum Gasteiger partial charge on any atom is -0.490 e. The van der Waals surface area contributed by atoms with Crippen LogP contribution in [0.2, 0.25) is 0 Å². The molecule has 0 spiro atoms. The molecule has 1 aliphatic rings. The van der Waals surface area contributed by atoms with Gasteiger partial charge in [-0.25, -0.2) is 0 Å². The van der Waals surface area contributed by atoms with Gasteiger partial charge in [-0.1, -0.05) is 19.9 Å². The predicted molar refractivity (Wildman–Crippen MR) is 137 cm³/mol. The van der Waals surface area contributed by atoms with Gasteiger partial charge in [0, 0.05) is 38.9 Å². The number of imide groups is 1. The van der Waals surface area contributed by atoms with Crippen molar-refractivity contribution < 1.29 is 28.6 Å². The van der Waals surface area contributed by atoms with E-state index in [0.29, 0.717) is 62.0 Å². The summed E-state index contributed by atoms with van der Waals surface area (Å²) in [4.78, 5) is 42.0. The van der Waals surface area contributed by atoms with Gasteiger partial charge < -0.3 is 19.1 Å². The van der Waals surface area contributed by atoms with Gasteiger partial charge in [-0.05, 0) is 62.1 Å². The van der Waals surface area contributed by atoms with E-state index in [2.05, 4.69) is 0 Å². The zero-order valence-electron chi connectivity index (χ0n) is 21.7. The first-order valence-electron chi connectivity index (χ1n) is 12.6. The van der Waals surface area contributed by atoms with Gasteiger partial charge in [0.15, 0.2) is 11.5 Å². The molecule has 2 aromatic rings. The third-order valence-electron chi connectivity index (χ3n) is 5.87. The molecule has 3 amide bonds. The molecule has 0 radical (unpaired) electrons. The summed E-state index contributed by atoms with van der Waals surface area (Å²) in [6, 6.07) is 10.5. The second-order valence-electron chi connectivity index (χ2n) is 8.66. The van der Waals surface area contributed by atoms with E-state index < -0.39 is 0 Å². The van der Waals surface area contributed by atoms with Crippen LogP contribution >= 0.6 is 0 Å². The molecule has 194 valence electrons. The van der Waals surface area contributed by atoms with Crippen LogP contribution in [-0.4, -0.2) is 67.5 Å². The monoisotopic (exact) mass is 496 g/mol. The number of benzene rings is 2. The van der Waals surface area contributed by atoms with Crippen molar-refractivity contribution in [3.8, 4) is 11.5 Å². The van der Waals surface area contributed by atoms with Crippen LogP contribution in [-0.2, 0) is 11.3 Å². The first-order valence-corrected chi connectivity index (χ1v) is 12.6. The fourth-order valence-electron chi connectivity index (χ4n) is 4.17. The number of carbonyl (C=O) groups excluding carboxylic acids is 3. The van der Waals surface area contributed by atoms with Gasteiger partial charge in [-0.3, -0.25) is 19.3 Å². The SMILES string of the molecule is CCCOc1ccc(CN(CCC)C(=O)c2ccc3c(c2)C(=O)N(CCCOC)C3=O)cc1OCC. The van der Waals surface area contributed by atoms with Crippen molar-refractivity contribution >= 4 is 17.7 Å². The highest BCUT2D eigenvalue weighted by atomic mass is 16.5. The summed E-state index contributed by atoms with van der Waals surface area (Å²) in [5.74, 6) is 0.452. The summed E-state index contributed by atoms with van der Waals surface area (Å²) in [6.07, 6.45) is 2.23. The summed E-state index contributed by atoms with van der Waals surface area (Å²) >= 11 is 0. The molecular weight excluding hydrogens is 460 g/mol.